The van der Waals surface area contributed by atoms with Gasteiger partial charge in [-0.2, -0.15) is 0 Å². The van der Waals surface area contributed by atoms with Crippen LogP contribution < -0.4 is 4.98 Å². The van der Waals surface area contributed by atoms with E-state index in [4.69, 9.17) is 5.11 Å². The number of hydrogen-bond donors (Lipinski definition) is 1. The number of fused-ring (bicyclic) bond motifs is 2. The first-order valence-corrected chi connectivity index (χ1v) is 8.29. The summed E-state index contributed by atoms with van der Waals surface area (Å²) in [6, 6.07) is 20.6. The maximum atomic E-state index is 10.0. The summed E-state index contributed by atoms with van der Waals surface area (Å²) in [6.45, 7) is 2.85. The van der Waals surface area contributed by atoms with Crippen molar-refractivity contribution >= 4 is 27.5 Å². The average molecular weight is 536 g/mol. The molecule has 0 amide bonds. The van der Waals surface area contributed by atoms with Crippen LogP contribution in [0.25, 0.3) is 33.1 Å². The number of benzene rings is 2. The molecule has 27 heavy (non-hydrogen) atoms. The Hall–Kier alpha value is -2.75. The Morgan fingerprint density at radius 3 is 2.30 bits per heavy atom. The second-order valence-electron chi connectivity index (χ2n) is 5.98. The number of allylic oxidation sites excluding steroid dienone is 2. The summed E-state index contributed by atoms with van der Waals surface area (Å²) in [5.41, 5.74) is 2.92. The van der Waals surface area contributed by atoms with Crippen LogP contribution in [0.1, 0.15) is 13.8 Å². The topological polar surface area (TPSA) is 64.3 Å². The van der Waals surface area contributed by atoms with E-state index in [9.17, 15) is 4.79 Å². The minimum atomic E-state index is -0.125. The van der Waals surface area contributed by atoms with E-state index in [0.29, 0.717) is 0 Å². The molecule has 4 rings (SSSR count). The molecule has 2 aromatic carbocycles. The van der Waals surface area contributed by atoms with E-state index in [2.05, 4.69) is 34.2 Å². The molecular weight excluding hydrogens is 516 g/mol. The van der Waals surface area contributed by atoms with Crippen LogP contribution in [0.3, 0.4) is 0 Å². The van der Waals surface area contributed by atoms with E-state index < -0.39 is 0 Å². The van der Waals surface area contributed by atoms with Crippen molar-refractivity contribution in [2.75, 3.05) is 0 Å². The smallest absolute Gasteiger partial charge is 0.155 e. The number of ketones is 1. The van der Waals surface area contributed by atoms with Crippen LogP contribution in [0.4, 0.5) is 0 Å². The van der Waals surface area contributed by atoms with Gasteiger partial charge in [-0.25, -0.2) is 0 Å². The summed E-state index contributed by atoms with van der Waals surface area (Å²) in [5, 5.41) is 11.9. The van der Waals surface area contributed by atoms with E-state index >= 15 is 0 Å². The molecule has 5 heteroatoms. The molecule has 0 saturated carbocycles. The second-order valence-corrected chi connectivity index (χ2v) is 5.98. The first kappa shape index (κ1) is 20.6. The molecule has 2 heterocycles. The summed E-state index contributed by atoms with van der Waals surface area (Å²) in [6.07, 6.45) is 3.01. The van der Waals surface area contributed by atoms with Gasteiger partial charge in [-0.3, -0.25) is 9.78 Å². The largest absolute Gasteiger partial charge is 0.656 e. The van der Waals surface area contributed by atoms with E-state index in [1.165, 1.54) is 25.3 Å². The minimum absolute atomic E-state index is 0. The number of hydrogen-bond acceptors (Lipinski definition) is 3. The molecule has 1 N–H and O–H groups in total. The van der Waals surface area contributed by atoms with Crippen LogP contribution in [-0.2, 0) is 24.9 Å². The Kier molecular flexibility index (Phi) is 7.05. The van der Waals surface area contributed by atoms with E-state index in [1.54, 1.807) is 0 Å². The van der Waals surface area contributed by atoms with Gasteiger partial charge in [0.25, 0.3) is 0 Å². The van der Waals surface area contributed by atoms with Crippen molar-refractivity contribution in [1.82, 2.24) is 9.97 Å². The predicted octanol–water partition coefficient (Wildman–Crippen LogP) is 5.05. The molecule has 139 valence electrons. The maximum Gasteiger partial charge on any atom is 0.155 e. The number of rotatable bonds is 2. The van der Waals surface area contributed by atoms with E-state index in [0.717, 1.165) is 27.7 Å². The monoisotopic (exact) mass is 536 g/mol. The van der Waals surface area contributed by atoms with E-state index in [1.807, 2.05) is 42.6 Å². The summed E-state index contributed by atoms with van der Waals surface area (Å²) in [7, 11) is 0. The molecule has 0 bridgehead atoms. The molecule has 2 aromatic heterocycles. The molecule has 4 nitrogen and oxygen atoms in total. The van der Waals surface area contributed by atoms with Gasteiger partial charge in [-0.15, -0.1) is 11.2 Å². The molecule has 1 radical (unpaired) electrons. The SMILES string of the molecule is CC(=O)/C=C(/C)O.[Ir].c1ccc2[n-]c(-c3nccc4ccccc34)cc2c1. The summed E-state index contributed by atoms with van der Waals surface area (Å²) in [5.74, 6) is -0.0625. The van der Waals surface area contributed by atoms with Crippen LogP contribution in [0, 0.1) is 0 Å². The fourth-order valence-corrected chi connectivity index (χ4v) is 2.76. The number of aromatic nitrogens is 2. The quantitative estimate of drug-likeness (QED) is 0.288. The first-order valence-electron chi connectivity index (χ1n) is 8.29. The molecule has 0 aliphatic rings. The molecule has 0 aliphatic carbocycles. The maximum absolute atomic E-state index is 10.0. The summed E-state index contributed by atoms with van der Waals surface area (Å²) >= 11 is 0. The molecular formula is C22H19IrN2O2-. The summed E-state index contributed by atoms with van der Waals surface area (Å²) < 4.78 is 0. The standard InChI is InChI=1S/C17H11N2.C5H8O2.Ir/c1-3-7-14-12(5-1)9-10-18-17(14)16-11-13-6-2-4-8-15(13)19-16;1-4(6)3-5(2)7;/h1-11H;3,6H,1-2H3;/q-1;;/b;4-3-;. The van der Waals surface area contributed by atoms with Crippen molar-refractivity contribution in [1.29, 1.82) is 0 Å². The number of carbonyl (C=O) groups excluding carboxylic acids is 1. The fourth-order valence-electron chi connectivity index (χ4n) is 2.76. The fraction of sp³-hybridized carbons (Fsp3) is 0.0909. The molecule has 0 atom stereocenters. The Morgan fingerprint density at radius 1 is 1.00 bits per heavy atom. The number of para-hydroxylation sites is 1. The number of carbonyl (C=O) groups is 1. The average Bonchev–Trinajstić information content (AvgIpc) is 3.04. The van der Waals surface area contributed by atoms with Gasteiger partial charge >= 0.3 is 0 Å². The Bertz CT molecular complexity index is 1060. The minimum Gasteiger partial charge on any atom is -0.656 e. The van der Waals surface area contributed by atoms with Gasteiger partial charge in [0.2, 0.25) is 0 Å². The molecule has 0 fully saturated rings. The number of nitrogens with zero attached hydrogens (tertiary/aromatic N) is 2. The van der Waals surface area contributed by atoms with Gasteiger partial charge in [0.05, 0.1) is 11.5 Å². The molecule has 0 spiro atoms. The van der Waals surface area contributed by atoms with Gasteiger partial charge in [-0.05, 0) is 30.7 Å². The van der Waals surface area contributed by atoms with Gasteiger partial charge in [-0.1, -0.05) is 54.6 Å². The molecule has 0 unspecified atom stereocenters. The third-order valence-electron chi connectivity index (χ3n) is 3.80. The zero-order valence-corrected chi connectivity index (χ0v) is 17.4. The van der Waals surface area contributed by atoms with Gasteiger partial charge in [0, 0.05) is 37.8 Å². The van der Waals surface area contributed by atoms with Crippen LogP contribution >= 0.6 is 0 Å². The van der Waals surface area contributed by atoms with Crippen molar-refractivity contribution in [3.63, 3.8) is 0 Å². The zero-order valence-electron chi connectivity index (χ0n) is 15.0. The van der Waals surface area contributed by atoms with Crippen LogP contribution in [-0.4, -0.2) is 15.9 Å². The summed E-state index contributed by atoms with van der Waals surface area (Å²) in [4.78, 5) is 19.2. The van der Waals surface area contributed by atoms with Gasteiger partial charge in [0.1, 0.15) is 0 Å². The predicted molar refractivity (Wildman–Crippen MR) is 105 cm³/mol. The van der Waals surface area contributed by atoms with Gasteiger partial charge < -0.3 is 10.1 Å². The van der Waals surface area contributed by atoms with Crippen LogP contribution in [0.2, 0.25) is 0 Å². The normalized spacial score (nSPS) is 10.8. The van der Waals surface area contributed by atoms with E-state index in [-0.39, 0.29) is 31.6 Å². The van der Waals surface area contributed by atoms with Crippen molar-refractivity contribution in [3.05, 3.63) is 78.7 Å². The number of aliphatic hydroxyl groups excluding tert-OH is 1. The number of pyridine rings is 1. The van der Waals surface area contributed by atoms with Crippen molar-refractivity contribution < 1.29 is 30.0 Å². The second kappa shape index (κ2) is 9.26. The van der Waals surface area contributed by atoms with Crippen LogP contribution in [0.15, 0.2) is 78.7 Å². The molecule has 4 aromatic rings. The molecule has 0 aliphatic heterocycles. The van der Waals surface area contributed by atoms with Crippen molar-refractivity contribution in [2.45, 2.75) is 13.8 Å². The van der Waals surface area contributed by atoms with Gasteiger partial charge in [0.15, 0.2) is 5.78 Å². The zero-order chi connectivity index (χ0) is 18.5. The number of aliphatic hydroxyl groups is 1. The first-order chi connectivity index (χ1) is 12.5. The Morgan fingerprint density at radius 2 is 1.67 bits per heavy atom. The molecule has 0 saturated heterocycles. The Labute approximate surface area is 171 Å². The Balaban J connectivity index is 0.000000285. The van der Waals surface area contributed by atoms with Crippen molar-refractivity contribution in [2.24, 2.45) is 0 Å². The third kappa shape index (κ3) is 5.13. The third-order valence-corrected chi connectivity index (χ3v) is 3.80. The van der Waals surface area contributed by atoms with Crippen molar-refractivity contribution in [3.8, 4) is 11.4 Å². The van der Waals surface area contributed by atoms with Crippen LogP contribution in [0.5, 0.6) is 0 Å².